The summed E-state index contributed by atoms with van der Waals surface area (Å²) in [5.41, 5.74) is 0. The van der Waals surface area contributed by atoms with Crippen molar-refractivity contribution < 1.29 is 19.2 Å². The smallest absolute Gasteiger partial charge is 0.236 e. The maximum Gasteiger partial charge on any atom is 0.236 e. The maximum absolute atomic E-state index is 12.9. The molecule has 2 aliphatic rings. The van der Waals surface area contributed by atoms with Crippen molar-refractivity contribution in [1.82, 2.24) is 25.8 Å². The van der Waals surface area contributed by atoms with Gasteiger partial charge in [-0.15, -0.1) is 0 Å². The SMILES string of the molecule is CCCCCCCCCCCCCCCCCC/C=C/C1CC(=O)N(CCNCCNCCNCCN2C(=O)CC(/C=C/CCCCCCCCCCCCCCCCCCCC)C2=O)C1=O. The zero-order valence-corrected chi connectivity index (χ0v) is 44.0. The number of nitrogens with zero attached hydrogens (tertiary/aromatic N) is 2. The Morgan fingerprint density at radius 3 is 0.866 bits per heavy atom. The van der Waals surface area contributed by atoms with Gasteiger partial charge < -0.3 is 16.0 Å². The molecule has 2 saturated heterocycles. The lowest BCUT2D eigenvalue weighted by Gasteiger charge is -2.15. The molecular formula is C58H107N5O4. The monoisotopic (exact) mass is 938 g/mol. The van der Waals surface area contributed by atoms with Crippen LogP contribution in [0.3, 0.4) is 0 Å². The number of hydrogen-bond acceptors (Lipinski definition) is 7. The minimum Gasteiger partial charge on any atom is -0.314 e. The number of amides is 4. The highest BCUT2D eigenvalue weighted by molar-refractivity contribution is 6.05. The minimum absolute atomic E-state index is 0.0601. The van der Waals surface area contributed by atoms with E-state index in [4.69, 9.17) is 0 Å². The molecule has 2 fully saturated rings. The van der Waals surface area contributed by atoms with Gasteiger partial charge in [0.2, 0.25) is 23.6 Å². The molecule has 0 aromatic rings. The molecule has 9 heteroatoms. The number of allylic oxidation sites excluding steroid dienone is 2. The fourth-order valence-electron chi connectivity index (χ4n) is 9.79. The van der Waals surface area contributed by atoms with Crippen molar-refractivity contribution in [3.05, 3.63) is 24.3 Å². The zero-order valence-electron chi connectivity index (χ0n) is 44.0. The molecule has 2 unspecified atom stereocenters. The summed E-state index contributed by atoms with van der Waals surface area (Å²) < 4.78 is 0. The molecule has 0 bridgehead atoms. The number of carbonyl (C=O) groups excluding carboxylic acids is 4. The number of likely N-dealkylation sites (tertiary alicyclic amines) is 2. The van der Waals surface area contributed by atoms with Crippen LogP contribution in [-0.4, -0.2) is 85.8 Å². The van der Waals surface area contributed by atoms with Crippen LogP contribution in [0.2, 0.25) is 0 Å². The lowest BCUT2D eigenvalue weighted by Crippen LogP contribution is -2.40. The highest BCUT2D eigenvalue weighted by Crippen LogP contribution is 2.23. The molecule has 67 heavy (non-hydrogen) atoms. The van der Waals surface area contributed by atoms with Crippen LogP contribution in [0.5, 0.6) is 0 Å². The Hall–Kier alpha value is -2.36. The summed E-state index contributed by atoms with van der Waals surface area (Å²) in [4.78, 5) is 53.7. The Morgan fingerprint density at radius 1 is 0.358 bits per heavy atom. The van der Waals surface area contributed by atoms with Gasteiger partial charge in [-0.25, -0.2) is 0 Å². The summed E-state index contributed by atoms with van der Waals surface area (Å²) in [5.74, 6) is -0.863. The average Bonchev–Trinajstić information content (AvgIpc) is 3.76. The molecule has 0 saturated carbocycles. The second kappa shape index (κ2) is 44.8. The lowest BCUT2D eigenvalue weighted by atomic mass is 10.0. The predicted octanol–water partition coefficient (Wildman–Crippen LogP) is 13.7. The summed E-state index contributed by atoms with van der Waals surface area (Å²) in [6.07, 6.45) is 57.3. The van der Waals surface area contributed by atoms with Gasteiger partial charge in [-0.05, 0) is 25.7 Å². The molecule has 0 aromatic carbocycles. The number of unbranched alkanes of at least 4 members (excludes halogenated alkanes) is 34. The molecule has 0 radical (unpaired) electrons. The van der Waals surface area contributed by atoms with Crippen LogP contribution in [0.15, 0.2) is 24.3 Å². The first kappa shape index (κ1) is 60.8. The second-order valence-corrected chi connectivity index (χ2v) is 20.4. The third-order valence-corrected chi connectivity index (χ3v) is 14.2. The van der Waals surface area contributed by atoms with Crippen LogP contribution in [-0.2, 0) is 19.2 Å². The first-order valence-corrected chi connectivity index (χ1v) is 29.1. The van der Waals surface area contributed by atoms with Gasteiger partial charge in [0.15, 0.2) is 0 Å². The molecule has 2 atom stereocenters. The van der Waals surface area contributed by atoms with E-state index in [-0.39, 0.29) is 35.5 Å². The Bertz CT molecular complexity index is 1270. The molecule has 4 amide bonds. The summed E-state index contributed by atoms with van der Waals surface area (Å²) in [6.45, 7) is 9.57. The van der Waals surface area contributed by atoms with Crippen molar-refractivity contribution in [2.75, 3.05) is 52.4 Å². The molecule has 3 N–H and O–H groups in total. The highest BCUT2D eigenvalue weighted by Gasteiger charge is 2.37. The zero-order chi connectivity index (χ0) is 48.1. The van der Waals surface area contributed by atoms with Gasteiger partial charge in [0.1, 0.15) is 0 Å². The summed E-state index contributed by atoms with van der Waals surface area (Å²) in [5, 5.41) is 10.1. The van der Waals surface area contributed by atoms with Crippen LogP contribution in [0, 0.1) is 11.8 Å². The molecule has 0 spiro atoms. The summed E-state index contributed by atoms with van der Waals surface area (Å²) in [6, 6.07) is 0. The Morgan fingerprint density at radius 2 is 0.597 bits per heavy atom. The normalized spacial score (nSPS) is 16.7. The van der Waals surface area contributed by atoms with E-state index in [0.29, 0.717) is 39.0 Å². The van der Waals surface area contributed by atoms with Gasteiger partial charge in [-0.2, -0.15) is 0 Å². The molecule has 2 rings (SSSR count). The van der Waals surface area contributed by atoms with E-state index >= 15 is 0 Å². The van der Waals surface area contributed by atoms with Crippen LogP contribution in [0.4, 0.5) is 0 Å². The second-order valence-electron chi connectivity index (χ2n) is 20.4. The molecule has 2 heterocycles. The van der Waals surface area contributed by atoms with Gasteiger partial charge in [0.05, 0.1) is 11.8 Å². The topological polar surface area (TPSA) is 111 Å². The fourth-order valence-corrected chi connectivity index (χ4v) is 9.79. The average molecular weight is 939 g/mol. The maximum atomic E-state index is 12.9. The van der Waals surface area contributed by atoms with E-state index in [1.54, 1.807) is 0 Å². The van der Waals surface area contributed by atoms with Gasteiger partial charge in [-0.3, -0.25) is 29.0 Å². The first-order valence-electron chi connectivity index (χ1n) is 29.1. The van der Waals surface area contributed by atoms with Crippen LogP contribution in [0.25, 0.3) is 0 Å². The van der Waals surface area contributed by atoms with E-state index in [2.05, 4.69) is 41.9 Å². The van der Waals surface area contributed by atoms with Crippen molar-refractivity contribution in [3.8, 4) is 0 Å². The van der Waals surface area contributed by atoms with E-state index in [1.165, 1.54) is 215 Å². The van der Waals surface area contributed by atoms with Crippen molar-refractivity contribution in [2.24, 2.45) is 11.8 Å². The number of nitrogens with one attached hydrogen (secondary N) is 3. The van der Waals surface area contributed by atoms with Crippen molar-refractivity contribution >= 4 is 23.6 Å². The van der Waals surface area contributed by atoms with Crippen LogP contribution < -0.4 is 16.0 Å². The third-order valence-electron chi connectivity index (χ3n) is 14.2. The highest BCUT2D eigenvalue weighted by atomic mass is 16.2. The molecule has 9 nitrogen and oxygen atoms in total. The molecule has 0 aliphatic carbocycles. The molecular weight excluding hydrogens is 831 g/mol. The number of hydrogen-bond donors (Lipinski definition) is 3. The van der Waals surface area contributed by atoms with Crippen molar-refractivity contribution in [3.63, 3.8) is 0 Å². The van der Waals surface area contributed by atoms with E-state index in [1.807, 2.05) is 12.2 Å². The van der Waals surface area contributed by atoms with Gasteiger partial charge in [0.25, 0.3) is 0 Å². The predicted molar refractivity (Wildman–Crippen MR) is 284 cm³/mol. The number of imide groups is 2. The Balaban J connectivity index is 1.34. The molecule has 388 valence electrons. The van der Waals surface area contributed by atoms with Gasteiger partial charge >= 0.3 is 0 Å². The van der Waals surface area contributed by atoms with Crippen molar-refractivity contribution in [1.29, 1.82) is 0 Å². The number of rotatable bonds is 50. The van der Waals surface area contributed by atoms with Gasteiger partial charge in [0, 0.05) is 65.2 Å². The third kappa shape index (κ3) is 33.0. The lowest BCUT2D eigenvalue weighted by molar-refractivity contribution is -0.140. The Kier molecular flexibility index (Phi) is 40.6. The first-order chi connectivity index (χ1) is 33.0. The minimum atomic E-state index is -0.305. The van der Waals surface area contributed by atoms with Crippen LogP contribution >= 0.6 is 0 Å². The van der Waals surface area contributed by atoms with E-state index in [9.17, 15) is 19.2 Å². The standard InChI is InChI=1S/C58H107N5O4/c1-3-5-7-9-11-13-15-17-19-21-23-24-26-28-30-32-34-36-38-40-42-54-52-56(65)63(58(54)67)50-48-61-46-44-59-43-45-60-47-49-62-55(64)51-53(57(62)66)41-39-37-35-33-31-29-27-25-22-20-18-16-14-12-10-8-6-4-2/h39-42,53-54,59-61H,3-38,43-52H2,1-2H3/b41-39+,42-40+. The van der Waals surface area contributed by atoms with E-state index in [0.717, 1.165) is 51.9 Å². The fraction of sp³-hybridized carbons (Fsp3) is 0.862. The van der Waals surface area contributed by atoms with Crippen LogP contribution in [0.1, 0.15) is 258 Å². The van der Waals surface area contributed by atoms with Crippen molar-refractivity contribution in [2.45, 2.75) is 258 Å². The summed E-state index contributed by atoms with van der Waals surface area (Å²) >= 11 is 0. The largest absolute Gasteiger partial charge is 0.314 e. The molecule has 2 aliphatic heterocycles. The number of carbonyl (C=O) groups is 4. The van der Waals surface area contributed by atoms with E-state index < -0.39 is 0 Å². The van der Waals surface area contributed by atoms with Gasteiger partial charge in [-0.1, -0.05) is 244 Å². The summed E-state index contributed by atoms with van der Waals surface area (Å²) in [7, 11) is 0. The quantitative estimate of drug-likeness (QED) is 0.0316. The molecule has 0 aromatic heterocycles. The Labute approximate surface area is 413 Å².